The summed E-state index contributed by atoms with van der Waals surface area (Å²) in [5, 5.41) is 10.9. The topological polar surface area (TPSA) is 55.4 Å². The maximum Gasteiger partial charge on any atom is 0.337 e. The van der Waals surface area contributed by atoms with Crippen LogP contribution in [0.2, 0.25) is 0 Å². The van der Waals surface area contributed by atoms with Crippen LogP contribution in [0.3, 0.4) is 0 Å². The third-order valence-corrected chi connectivity index (χ3v) is 3.87. The maximum atomic E-state index is 13.3. The van der Waals surface area contributed by atoms with Gasteiger partial charge in [-0.15, -0.1) is 0 Å². The molecule has 23 heavy (non-hydrogen) atoms. The molecule has 2 aromatic heterocycles. The highest BCUT2D eigenvalue weighted by Crippen LogP contribution is 2.25. The summed E-state index contributed by atoms with van der Waals surface area (Å²) in [7, 11) is 0. The first-order valence-corrected chi connectivity index (χ1v) is 7.11. The Labute approximate surface area is 130 Å². The Bertz CT molecular complexity index is 1040. The van der Waals surface area contributed by atoms with E-state index in [1.54, 1.807) is 24.3 Å². The summed E-state index contributed by atoms with van der Waals surface area (Å²) >= 11 is 0. The Kier molecular flexibility index (Phi) is 2.94. The van der Waals surface area contributed by atoms with Gasteiger partial charge in [-0.05, 0) is 36.4 Å². The smallest absolute Gasteiger partial charge is 0.337 e. The fraction of sp³-hybridized carbons (Fsp3) is 0.0556. The minimum absolute atomic E-state index is 0.245. The molecule has 0 radical (unpaired) electrons. The lowest BCUT2D eigenvalue weighted by molar-refractivity contribution is 0.0698. The number of carboxylic acid groups (broad SMARTS) is 1. The van der Waals surface area contributed by atoms with Crippen molar-refractivity contribution in [2.75, 3.05) is 0 Å². The SMILES string of the molecule is O=C(O)c1cccc2ccn(Cc3cc4cc(F)ccc4o3)c12. The molecule has 4 aromatic rings. The number of carboxylic acids is 1. The van der Waals surface area contributed by atoms with Crippen molar-refractivity contribution in [3.05, 3.63) is 71.9 Å². The van der Waals surface area contributed by atoms with Crippen molar-refractivity contribution in [3.63, 3.8) is 0 Å². The van der Waals surface area contributed by atoms with Crippen LogP contribution in [0.4, 0.5) is 4.39 Å². The number of rotatable bonds is 3. The normalized spacial score (nSPS) is 11.3. The molecular weight excluding hydrogens is 297 g/mol. The monoisotopic (exact) mass is 309 g/mol. The number of para-hydroxylation sites is 1. The van der Waals surface area contributed by atoms with Gasteiger partial charge in [-0.25, -0.2) is 9.18 Å². The molecule has 0 unspecified atom stereocenters. The summed E-state index contributed by atoms with van der Waals surface area (Å²) in [6.45, 7) is 0.379. The summed E-state index contributed by atoms with van der Waals surface area (Å²) in [5.41, 5.74) is 1.50. The highest BCUT2D eigenvalue weighted by Gasteiger charge is 2.13. The Hall–Kier alpha value is -3.08. The average molecular weight is 309 g/mol. The molecule has 2 aromatic carbocycles. The number of benzene rings is 2. The van der Waals surface area contributed by atoms with E-state index in [-0.39, 0.29) is 11.4 Å². The van der Waals surface area contributed by atoms with Crippen molar-refractivity contribution < 1.29 is 18.7 Å². The highest BCUT2D eigenvalue weighted by molar-refractivity contribution is 6.02. The molecule has 2 heterocycles. The molecule has 0 fully saturated rings. The van der Waals surface area contributed by atoms with Gasteiger partial charge in [0.2, 0.25) is 0 Å². The lowest BCUT2D eigenvalue weighted by Crippen LogP contribution is -2.03. The van der Waals surface area contributed by atoms with Gasteiger partial charge in [0, 0.05) is 17.0 Å². The van der Waals surface area contributed by atoms with E-state index in [1.165, 1.54) is 12.1 Å². The number of fused-ring (bicyclic) bond motifs is 2. The zero-order valence-electron chi connectivity index (χ0n) is 12.0. The quantitative estimate of drug-likeness (QED) is 0.615. The number of aromatic nitrogens is 1. The predicted molar refractivity (Wildman–Crippen MR) is 84.2 cm³/mol. The summed E-state index contributed by atoms with van der Waals surface area (Å²) in [6.07, 6.45) is 1.82. The Morgan fingerprint density at radius 2 is 2.00 bits per heavy atom. The van der Waals surface area contributed by atoms with E-state index in [2.05, 4.69) is 0 Å². The van der Waals surface area contributed by atoms with Crippen molar-refractivity contribution in [2.24, 2.45) is 0 Å². The fourth-order valence-corrected chi connectivity index (χ4v) is 2.88. The number of hydrogen-bond donors (Lipinski definition) is 1. The van der Waals surface area contributed by atoms with Crippen LogP contribution in [0.1, 0.15) is 16.1 Å². The second-order valence-corrected chi connectivity index (χ2v) is 5.39. The molecule has 0 saturated heterocycles. The lowest BCUT2D eigenvalue weighted by atomic mass is 10.1. The number of halogens is 1. The molecule has 0 aliphatic heterocycles. The molecule has 4 nitrogen and oxygen atoms in total. The molecular formula is C18H12FNO3. The van der Waals surface area contributed by atoms with Gasteiger partial charge in [-0.2, -0.15) is 0 Å². The zero-order valence-corrected chi connectivity index (χ0v) is 12.0. The predicted octanol–water partition coefficient (Wildman–Crippen LogP) is 4.27. The molecule has 0 aliphatic carbocycles. The van der Waals surface area contributed by atoms with E-state index in [9.17, 15) is 14.3 Å². The summed E-state index contributed by atoms with van der Waals surface area (Å²) in [4.78, 5) is 11.4. The zero-order chi connectivity index (χ0) is 16.0. The summed E-state index contributed by atoms with van der Waals surface area (Å²) in [5.74, 6) is -0.644. The van der Waals surface area contributed by atoms with Crippen LogP contribution in [0, 0.1) is 5.82 Å². The Morgan fingerprint density at radius 1 is 1.13 bits per heavy atom. The first-order valence-electron chi connectivity index (χ1n) is 7.11. The van der Waals surface area contributed by atoms with E-state index in [0.717, 1.165) is 5.39 Å². The van der Waals surface area contributed by atoms with Gasteiger partial charge in [0.25, 0.3) is 0 Å². The average Bonchev–Trinajstić information content (AvgIpc) is 3.10. The van der Waals surface area contributed by atoms with Gasteiger partial charge in [-0.3, -0.25) is 0 Å². The molecule has 1 N–H and O–H groups in total. The van der Waals surface area contributed by atoms with E-state index < -0.39 is 5.97 Å². The number of aromatic carboxylic acids is 1. The van der Waals surface area contributed by atoms with Gasteiger partial charge in [0.15, 0.2) is 0 Å². The molecule has 0 aliphatic rings. The molecule has 114 valence electrons. The highest BCUT2D eigenvalue weighted by atomic mass is 19.1. The van der Waals surface area contributed by atoms with Crippen molar-refractivity contribution in [1.82, 2.24) is 4.57 Å². The molecule has 0 spiro atoms. The molecule has 0 atom stereocenters. The number of carbonyl (C=O) groups is 1. The largest absolute Gasteiger partial charge is 0.478 e. The first kappa shape index (κ1) is 13.6. The maximum absolute atomic E-state index is 13.3. The first-order chi connectivity index (χ1) is 11.1. The van der Waals surface area contributed by atoms with Crippen LogP contribution in [-0.2, 0) is 6.54 Å². The van der Waals surface area contributed by atoms with Gasteiger partial charge in [0.1, 0.15) is 17.2 Å². The molecule has 4 rings (SSSR count). The summed E-state index contributed by atoms with van der Waals surface area (Å²) in [6, 6.07) is 13.2. The van der Waals surface area contributed by atoms with Gasteiger partial charge in [-0.1, -0.05) is 12.1 Å². The van der Waals surface area contributed by atoms with Crippen LogP contribution in [0.5, 0.6) is 0 Å². The van der Waals surface area contributed by atoms with Gasteiger partial charge >= 0.3 is 5.97 Å². The van der Waals surface area contributed by atoms with Crippen molar-refractivity contribution in [2.45, 2.75) is 6.54 Å². The van der Waals surface area contributed by atoms with Crippen molar-refractivity contribution in [3.8, 4) is 0 Å². The fourth-order valence-electron chi connectivity index (χ4n) is 2.88. The van der Waals surface area contributed by atoms with Crippen molar-refractivity contribution >= 4 is 27.8 Å². The van der Waals surface area contributed by atoms with Crippen LogP contribution < -0.4 is 0 Å². The van der Waals surface area contributed by atoms with Crippen LogP contribution in [0.25, 0.3) is 21.9 Å². The third-order valence-electron chi connectivity index (χ3n) is 3.87. The van der Waals surface area contributed by atoms with Crippen LogP contribution >= 0.6 is 0 Å². The second-order valence-electron chi connectivity index (χ2n) is 5.39. The standard InChI is InChI=1S/C18H12FNO3/c19-13-4-5-16-12(8-13)9-14(23-16)10-20-7-6-11-2-1-3-15(17(11)20)18(21)22/h1-9H,10H2,(H,21,22). The number of furan rings is 1. The minimum Gasteiger partial charge on any atom is -0.478 e. The Morgan fingerprint density at radius 3 is 2.83 bits per heavy atom. The van der Waals surface area contributed by atoms with E-state index in [1.807, 2.05) is 22.9 Å². The number of nitrogens with zero attached hydrogens (tertiary/aromatic N) is 1. The van der Waals surface area contributed by atoms with Crippen LogP contribution in [0.15, 0.2) is 59.1 Å². The van der Waals surface area contributed by atoms with Crippen LogP contribution in [-0.4, -0.2) is 15.6 Å². The van der Waals surface area contributed by atoms with E-state index >= 15 is 0 Å². The second kappa shape index (κ2) is 4.98. The molecule has 0 saturated carbocycles. The number of hydrogen-bond acceptors (Lipinski definition) is 2. The lowest BCUT2D eigenvalue weighted by Gasteiger charge is -2.05. The van der Waals surface area contributed by atoms with Gasteiger partial charge in [0.05, 0.1) is 17.6 Å². The van der Waals surface area contributed by atoms with E-state index in [4.69, 9.17) is 4.42 Å². The minimum atomic E-state index is -0.970. The third kappa shape index (κ3) is 2.26. The van der Waals surface area contributed by atoms with Gasteiger partial charge < -0.3 is 14.1 Å². The van der Waals surface area contributed by atoms with E-state index in [0.29, 0.717) is 28.8 Å². The Balaban J connectivity index is 1.81. The summed E-state index contributed by atoms with van der Waals surface area (Å²) < 4.78 is 20.8. The molecule has 0 bridgehead atoms. The molecule has 0 amide bonds. The molecule has 5 heteroatoms. The van der Waals surface area contributed by atoms with Crippen molar-refractivity contribution in [1.29, 1.82) is 0 Å².